The van der Waals surface area contributed by atoms with Gasteiger partial charge in [-0.25, -0.2) is 0 Å². The van der Waals surface area contributed by atoms with Crippen molar-refractivity contribution in [1.29, 1.82) is 0 Å². The number of benzene rings is 1. The first-order valence-corrected chi connectivity index (χ1v) is 12.7. The van der Waals surface area contributed by atoms with E-state index in [-0.39, 0.29) is 23.9 Å². The number of esters is 1. The largest absolute Gasteiger partial charge is 0.462 e. The second kappa shape index (κ2) is 11.2. The maximum atomic E-state index is 12.4. The van der Waals surface area contributed by atoms with Crippen LogP contribution in [0.1, 0.15) is 61.9 Å². The fourth-order valence-corrected chi connectivity index (χ4v) is 5.19. The molecule has 7 nitrogen and oxygen atoms in total. The van der Waals surface area contributed by atoms with Gasteiger partial charge in [0.05, 0.1) is 24.9 Å². The Morgan fingerprint density at radius 2 is 2.03 bits per heavy atom. The number of nitrogens with zero attached hydrogens (tertiary/aromatic N) is 3. The van der Waals surface area contributed by atoms with E-state index in [1.54, 1.807) is 0 Å². The number of aryl methyl sites for hydroxylation is 2. The summed E-state index contributed by atoms with van der Waals surface area (Å²) in [5, 5.41) is 13.1. The molecule has 1 saturated heterocycles. The number of aromatic nitrogens is 3. The molecule has 1 saturated carbocycles. The summed E-state index contributed by atoms with van der Waals surface area (Å²) >= 11 is 1.41. The van der Waals surface area contributed by atoms with Gasteiger partial charge in [-0.3, -0.25) is 4.79 Å². The van der Waals surface area contributed by atoms with Gasteiger partial charge in [0.25, 0.3) is 0 Å². The van der Waals surface area contributed by atoms with Gasteiger partial charge in [-0.1, -0.05) is 35.9 Å². The molecule has 32 heavy (non-hydrogen) atoms. The van der Waals surface area contributed by atoms with Gasteiger partial charge in [-0.2, -0.15) is 0 Å². The van der Waals surface area contributed by atoms with Gasteiger partial charge in [0.15, 0.2) is 11.0 Å². The Labute approximate surface area is 194 Å². The number of thioether (sulfide) groups is 1. The summed E-state index contributed by atoms with van der Waals surface area (Å²) in [6, 6.07) is 6.37. The van der Waals surface area contributed by atoms with Crippen molar-refractivity contribution in [3.63, 3.8) is 0 Å². The lowest BCUT2D eigenvalue weighted by molar-refractivity contribution is -0.147. The third-order valence-corrected chi connectivity index (χ3v) is 7.13. The molecule has 2 fully saturated rings. The van der Waals surface area contributed by atoms with Crippen LogP contribution in [0.2, 0.25) is 0 Å². The van der Waals surface area contributed by atoms with Gasteiger partial charge >= 0.3 is 5.97 Å². The number of anilines is 1. The quantitative estimate of drug-likeness (QED) is 0.433. The van der Waals surface area contributed by atoms with E-state index in [9.17, 15) is 4.79 Å². The number of rotatable bonds is 9. The zero-order valence-electron chi connectivity index (χ0n) is 19.1. The summed E-state index contributed by atoms with van der Waals surface area (Å²) in [7, 11) is 0. The summed E-state index contributed by atoms with van der Waals surface area (Å²) in [5.41, 5.74) is 3.54. The maximum Gasteiger partial charge on any atom is 0.316 e. The fraction of sp³-hybridized carbons (Fsp3) is 0.625. The van der Waals surface area contributed by atoms with Crippen molar-refractivity contribution in [2.24, 2.45) is 0 Å². The van der Waals surface area contributed by atoms with Crippen molar-refractivity contribution in [3.8, 4) is 0 Å². The summed E-state index contributed by atoms with van der Waals surface area (Å²) < 4.78 is 13.6. The van der Waals surface area contributed by atoms with Crippen LogP contribution in [-0.2, 0) is 27.4 Å². The van der Waals surface area contributed by atoms with Crippen molar-refractivity contribution in [2.75, 3.05) is 17.7 Å². The highest BCUT2D eigenvalue weighted by atomic mass is 32.2. The molecule has 1 aliphatic carbocycles. The number of hydrogen-bond donors (Lipinski definition) is 1. The topological polar surface area (TPSA) is 78.3 Å². The Balaban J connectivity index is 1.40. The predicted octanol–water partition coefficient (Wildman–Crippen LogP) is 4.65. The van der Waals surface area contributed by atoms with E-state index in [0.29, 0.717) is 13.1 Å². The molecule has 1 aromatic heterocycles. The van der Waals surface area contributed by atoms with E-state index in [1.807, 2.05) is 0 Å². The van der Waals surface area contributed by atoms with Crippen LogP contribution >= 0.6 is 11.8 Å². The monoisotopic (exact) mass is 458 g/mol. The first kappa shape index (κ1) is 23.1. The molecule has 1 unspecified atom stereocenters. The van der Waals surface area contributed by atoms with E-state index in [0.717, 1.165) is 61.8 Å². The van der Waals surface area contributed by atoms with E-state index in [4.69, 9.17) is 9.47 Å². The molecule has 0 amide bonds. The van der Waals surface area contributed by atoms with Gasteiger partial charge < -0.3 is 19.4 Å². The Hall–Kier alpha value is -2.06. The average Bonchev–Trinajstić information content (AvgIpc) is 3.43. The van der Waals surface area contributed by atoms with E-state index in [1.165, 1.54) is 29.3 Å². The molecule has 2 aromatic rings. The molecule has 174 valence electrons. The SMILES string of the molecule is Cc1ccc(NCc2nnc(SCC(=O)OC3CCCCC3)n2CC2CCCO2)c(C)c1. The van der Waals surface area contributed by atoms with Crippen molar-refractivity contribution >= 4 is 23.4 Å². The Bertz CT molecular complexity index is 905. The van der Waals surface area contributed by atoms with E-state index >= 15 is 0 Å². The average molecular weight is 459 g/mol. The van der Waals surface area contributed by atoms with Crippen LogP contribution in [0, 0.1) is 13.8 Å². The third kappa shape index (κ3) is 6.25. The second-order valence-electron chi connectivity index (χ2n) is 8.85. The molecule has 8 heteroatoms. The lowest BCUT2D eigenvalue weighted by atomic mass is 9.98. The minimum Gasteiger partial charge on any atom is -0.462 e. The van der Waals surface area contributed by atoms with Gasteiger partial charge in [0.1, 0.15) is 6.10 Å². The van der Waals surface area contributed by atoms with Crippen LogP contribution in [0.4, 0.5) is 5.69 Å². The molecule has 2 heterocycles. The number of ether oxygens (including phenoxy) is 2. The van der Waals surface area contributed by atoms with Gasteiger partial charge in [-0.05, 0) is 64.0 Å². The second-order valence-corrected chi connectivity index (χ2v) is 9.80. The summed E-state index contributed by atoms with van der Waals surface area (Å²) in [6.07, 6.45) is 7.89. The first-order chi connectivity index (χ1) is 15.6. The van der Waals surface area contributed by atoms with Crippen LogP contribution in [0.5, 0.6) is 0 Å². The lowest BCUT2D eigenvalue weighted by Crippen LogP contribution is -2.22. The van der Waals surface area contributed by atoms with Crippen LogP contribution < -0.4 is 5.32 Å². The molecule has 0 radical (unpaired) electrons. The van der Waals surface area contributed by atoms with E-state index in [2.05, 4.69) is 52.1 Å². The predicted molar refractivity (Wildman–Crippen MR) is 126 cm³/mol. The molecule has 1 aromatic carbocycles. The Morgan fingerprint density at radius 1 is 1.19 bits per heavy atom. The van der Waals surface area contributed by atoms with E-state index < -0.39 is 0 Å². The number of carbonyl (C=O) groups excluding carboxylic acids is 1. The van der Waals surface area contributed by atoms with Crippen LogP contribution in [0.3, 0.4) is 0 Å². The molecule has 2 aliphatic rings. The Kier molecular flexibility index (Phi) is 8.08. The molecule has 1 atom stereocenters. The molecular formula is C24H34N4O3S. The molecule has 4 rings (SSSR count). The first-order valence-electron chi connectivity index (χ1n) is 11.8. The number of nitrogens with one attached hydrogen (secondary N) is 1. The maximum absolute atomic E-state index is 12.4. The van der Waals surface area contributed by atoms with Crippen molar-refractivity contribution in [1.82, 2.24) is 14.8 Å². The molecule has 0 spiro atoms. The highest BCUT2D eigenvalue weighted by molar-refractivity contribution is 7.99. The van der Waals surface area contributed by atoms with Crippen molar-refractivity contribution in [2.45, 2.75) is 89.2 Å². The zero-order chi connectivity index (χ0) is 22.3. The van der Waals surface area contributed by atoms with Crippen LogP contribution in [0.25, 0.3) is 0 Å². The molecular weight excluding hydrogens is 424 g/mol. The van der Waals surface area contributed by atoms with Crippen LogP contribution in [-0.4, -0.2) is 45.3 Å². The van der Waals surface area contributed by atoms with Gasteiger partial charge in [0, 0.05) is 12.3 Å². The minimum absolute atomic E-state index is 0.0825. The summed E-state index contributed by atoms with van der Waals surface area (Å²) in [5.74, 6) is 0.942. The summed E-state index contributed by atoms with van der Waals surface area (Å²) in [4.78, 5) is 12.4. The van der Waals surface area contributed by atoms with Crippen molar-refractivity contribution < 1.29 is 14.3 Å². The number of hydrogen-bond acceptors (Lipinski definition) is 7. The standard InChI is InChI=1S/C24H34N4O3S/c1-17-10-11-21(18(2)13-17)25-14-22-26-27-24(28(22)15-20-9-6-12-30-20)32-16-23(29)31-19-7-4-3-5-8-19/h10-11,13,19-20,25H,3-9,12,14-16H2,1-2H3. The molecule has 1 N–H and O–H groups in total. The highest BCUT2D eigenvalue weighted by Crippen LogP contribution is 2.25. The summed E-state index contributed by atoms with van der Waals surface area (Å²) in [6.45, 7) is 6.27. The smallest absolute Gasteiger partial charge is 0.316 e. The van der Waals surface area contributed by atoms with Crippen LogP contribution in [0.15, 0.2) is 23.4 Å². The number of carbonyl (C=O) groups is 1. The van der Waals surface area contributed by atoms with Gasteiger partial charge in [-0.15, -0.1) is 10.2 Å². The third-order valence-electron chi connectivity index (χ3n) is 6.19. The zero-order valence-corrected chi connectivity index (χ0v) is 20.0. The lowest BCUT2D eigenvalue weighted by Gasteiger charge is -2.21. The fourth-order valence-electron chi connectivity index (χ4n) is 4.44. The molecule has 1 aliphatic heterocycles. The Morgan fingerprint density at radius 3 is 2.78 bits per heavy atom. The highest BCUT2D eigenvalue weighted by Gasteiger charge is 2.23. The minimum atomic E-state index is -0.163. The van der Waals surface area contributed by atoms with Gasteiger partial charge in [0.2, 0.25) is 0 Å². The molecule has 0 bridgehead atoms. The normalized spacial score (nSPS) is 19.2. The van der Waals surface area contributed by atoms with Crippen molar-refractivity contribution in [3.05, 3.63) is 35.2 Å².